The Balaban J connectivity index is 0.000000494. The van der Waals surface area contributed by atoms with Gasteiger partial charge in [-0.25, -0.2) is 4.98 Å². The average molecular weight is 527 g/mol. The number of halogens is 1. The summed E-state index contributed by atoms with van der Waals surface area (Å²) in [6, 6.07) is 24.4. The SMILES string of the molecule is CC(=N)C(=N)C(=O)Nc1ccc(-c2nc(Nc3ccc(Cl)cc3)[nH]c(=O)c2C#N)cc1.Nc1ccccc1. The van der Waals surface area contributed by atoms with Gasteiger partial charge in [0.2, 0.25) is 5.95 Å². The monoisotopic (exact) mass is 526 g/mol. The van der Waals surface area contributed by atoms with Crippen LogP contribution in [0.5, 0.6) is 0 Å². The van der Waals surface area contributed by atoms with Gasteiger partial charge in [0.05, 0.1) is 11.4 Å². The lowest BCUT2D eigenvalue weighted by Gasteiger charge is -2.10. The molecular weight excluding hydrogens is 504 g/mol. The van der Waals surface area contributed by atoms with Crippen molar-refractivity contribution in [2.75, 3.05) is 16.4 Å². The first kappa shape index (κ1) is 27.3. The van der Waals surface area contributed by atoms with Crippen LogP contribution in [-0.2, 0) is 4.79 Å². The van der Waals surface area contributed by atoms with Crippen LogP contribution in [0.2, 0.25) is 5.02 Å². The lowest BCUT2D eigenvalue weighted by molar-refractivity contribution is -0.110. The van der Waals surface area contributed by atoms with Crippen LogP contribution < -0.4 is 21.9 Å². The van der Waals surface area contributed by atoms with Crippen molar-refractivity contribution in [1.29, 1.82) is 16.1 Å². The number of nitrogens with zero attached hydrogens (tertiary/aromatic N) is 2. The summed E-state index contributed by atoms with van der Waals surface area (Å²) in [4.78, 5) is 31.2. The van der Waals surface area contributed by atoms with Gasteiger partial charge < -0.3 is 21.8 Å². The Morgan fingerprint density at radius 2 is 1.61 bits per heavy atom. The Hall–Kier alpha value is -5.27. The van der Waals surface area contributed by atoms with Gasteiger partial charge in [0, 0.05) is 27.6 Å². The number of nitrogen functional groups attached to an aromatic ring is 1. The average Bonchev–Trinajstić information content (AvgIpc) is 2.90. The number of carbonyl (C=O) groups excluding carboxylic acids is 1. The summed E-state index contributed by atoms with van der Waals surface area (Å²) in [5.41, 5.74) is 6.52. The highest BCUT2D eigenvalue weighted by atomic mass is 35.5. The molecule has 0 aliphatic heterocycles. The van der Waals surface area contributed by atoms with Gasteiger partial charge >= 0.3 is 0 Å². The van der Waals surface area contributed by atoms with E-state index in [9.17, 15) is 14.9 Å². The van der Waals surface area contributed by atoms with E-state index in [-0.39, 0.29) is 22.9 Å². The molecule has 4 aromatic rings. The van der Waals surface area contributed by atoms with E-state index in [2.05, 4.69) is 20.6 Å². The van der Waals surface area contributed by atoms with Gasteiger partial charge in [0.25, 0.3) is 11.5 Å². The molecule has 0 aliphatic carbocycles. The molecule has 3 aromatic carbocycles. The maximum atomic E-state index is 12.4. The molecule has 0 unspecified atom stereocenters. The third-order valence-electron chi connectivity index (χ3n) is 4.96. The highest BCUT2D eigenvalue weighted by Crippen LogP contribution is 2.23. The molecule has 1 amide bonds. The van der Waals surface area contributed by atoms with E-state index in [0.29, 0.717) is 22.0 Å². The predicted octanol–water partition coefficient (Wildman–Crippen LogP) is 4.97. The molecular formula is C27H23ClN8O2. The molecule has 0 saturated heterocycles. The fourth-order valence-corrected chi connectivity index (χ4v) is 3.17. The smallest absolute Gasteiger partial charge is 0.275 e. The number of rotatable bonds is 6. The number of nitriles is 1. The number of nitrogens with one attached hydrogen (secondary N) is 5. The van der Waals surface area contributed by atoms with Crippen molar-refractivity contribution in [3.05, 3.63) is 99.8 Å². The Kier molecular flexibility index (Phi) is 9.07. The lowest BCUT2D eigenvalue weighted by atomic mass is 10.1. The maximum Gasteiger partial charge on any atom is 0.275 e. The van der Waals surface area contributed by atoms with Gasteiger partial charge in [-0.2, -0.15) is 5.26 Å². The topological polar surface area (TPSA) is 184 Å². The second-order valence-corrected chi connectivity index (χ2v) is 8.26. The van der Waals surface area contributed by atoms with Gasteiger partial charge in [-0.05, 0) is 55.5 Å². The fourth-order valence-electron chi connectivity index (χ4n) is 3.04. The molecule has 1 aromatic heterocycles. The zero-order chi connectivity index (χ0) is 27.7. The lowest BCUT2D eigenvalue weighted by Crippen LogP contribution is -2.27. The summed E-state index contributed by atoms with van der Waals surface area (Å²) in [7, 11) is 0. The van der Waals surface area contributed by atoms with Crippen molar-refractivity contribution in [3.8, 4) is 17.3 Å². The van der Waals surface area contributed by atoms with Gasteiger partial charge in [-0.1, -0.05) is 41.9 Å². The number of aromatic nitrogens is 2. The van der Waals surface area contributed by atoms with Gasteiger partial charge in [0.15, 0.2) is 0 Å². The molecule has 4 rings (SSSR count). The Morgan fingerprint density at radius 3 is 2.13 bits per heavy atom. The molecule has 38 heavy (non-hydrogen) atoms. The van der Waals surface area contributed by atoms with Crippen LogP contribution in [0.25, 0.3) is 11.3 Å². The van der Waals surface area contributed by atoms with Gasteiger partial charge in [-0.15, -0.1) is 0 Å². The van der Waals surface area contributed by atoms with E-state index in [1.807, 2.05) is 36.4 Å². The minimum atomic E-state index is -0.707. The summed E-state index contributed by atoms with van der Waals surface area (Å²) in [6.45, 7) is 1.35. The third kappa shape index (κ3) is 7.36. The molecule has 11 heteroatoms. The number of benzene rings is 3. The number of carbonyl (C=O) groups is 1. The minimum absolute atomic E-state index is 0.147. The molecule has 10 nitrogen and oxygen atoms in total. The first-order chi connectivity index (χ1) is 18.2. The second-order valence-electron chi connectivity index (χ2n) is 7.82. The molecule has 0 bridgehead atoms. The van der Waals surface area contributed by atoms with Crippen LogP contribution in [-0.4, -0.2) is 27.3 Å². The predicted molar refractivity (Wildman–Crippen MR) is 150 cm³/mol. The summed E-state index contributed by atoms with van der Waals surface area (Å²) >= 11 is 5.88. The van der Waals surface area contributed by atoms with Gasteiger partial charge in [0.1, 0.15) is 17.3 Å². The number of nitrogens with two attached hydrogens (primary N) is 1. The van der Waals surface area contributed by atoms with Crippen molar-refractivity contribution in [1.82, 2.24) is 9.97 Å². The normalized spacial score (nSPS) is 9.82. The zero-order valence-corrected chi connectivity index (χ0v) is 20.9. The summed E-state index contributed by atoms with van der Waals surface area (Å²) < 4.78 is 0. The number of anilines is 4. The van der Waals surface area contributed by atoms with Crippen LogP contribution in [0.15, 0.2) is 83.7 Å². The van der Waals surface area contributed by atoms with Crippen molar-refractivity contribution >= 4 is 51.9 Å². The summed E-state index contributed by atoms with van der Waals surface area (Å²) in [6.07, 6.45) is 0. The summed E-state index contributed by atoms with van der Waals surface area (Å²) in [5, 5.41) is 30.3. The molecule has 0 radical (unpaired) electrons. The number of H-pyrrole nitrogens is 1. The van der Waals surface area contributed by atoms with Gasteiger partial charge in [-0.3, -0.25) is 20.0 Å². The molecule has 190 valence electrons. The van der Waals surface area contributed by atoms with Crippen LogP contribution >= 0.6 is 11.6 Å². The minimum Gasteiger partial charge on any atom is -0.399 e. The first-order valence-electron chi connectivity index (χ1n) is 11.1. The third-order valence-corrected chi connectivity index (χ3v) is 5.21. The van der Waals surface area contributed by atoms with E-state index >= 15 is 0 Å². The largest absolute Gasteiger partial charge is 0.399 e. The molecule has 0 saturated carbocycles. The quantitative estimate of drug-likeness (QED) is 0.152. The zero-order valence-electron chi connectivity index (χ0n) is 20.2. The molecule has 0 aliphatic rings. The molecule has 0 fully saturated rings. The van der Waals surface area contributed by atoms with E-state index in [1.54, 1.807) is 48.5 Å². The highest BCUT2D eigenvalue weighted by Gasteiger charge is 2.15. The van der Waals surface area contributed by atoms with Crippen molar-refractivity contribution in [2.45, 2.75) is 6.92 Å². The molecule has 7 N–H and O–H groups in total. The number of hydrogen-bond donors (Lipinski definition) is 6. The standard InChI is InChI=1S/C21H16ClN7O2.C6H7N/c1-11(24)17(25)20(31)26-14-6-2-12(3-7-14)18-16(10-23)19(30)29-21(28-18)27-15-8-4-13(22)5-9-15;7-6-4-2-1-3-5-6/h2-9,24-25H,1H3,(H,26,31)(H2,27,28,29,30);1-5H,7H2. The molecule has 0 atom stereocenters. The Morgan fingerprint density at radius 1 is 1.00 bits per heavy atom. The molecule has 1 heterocycles. The first-order valence-corrected chi connectivity index (χ1v) is 11.5. The fraction of sp³-hybridized carbons (Fsp3) is 0.0370. The Labute approximate surface area is 223 Å². The van der Waals surface area contributed by atoms with Crippen LogP contribution in [0.1, 0.15) is 12.5 Å². The number of aromatic amines is 1. The van der Waals surface area contributed by atoms with Crippen LogP contribution in [0.4, 0.5) is 23.0 Å². The van der Waals surface area contributed by atoms with Crippen LogP contribution in [0.3, 0.4) is 0 Å². The Bertz CT molecular complexity index is 1560. The van der Waals surface area contributed by atoms with E-state index in [0.717, 1.165) is 5.69 Å². The number of hydrogen-bond acceptors (Lipinski definition) is 8. The number of para-hydroxylation sites is 1. The number of amides is 1. The van der Waals surface area contributed by atoms with Crippen molar-refractivity contribution in [3.63, 3.8) is 0 Å². The van der Waals surface area contributed by atoms with E-state index in [1.165, 1.54) is 6.92 Å². The van der Waals surface area contributed by atoms with Crippen molar-refractivity contribution in [2.24, 2.45) is 0 Å². The van der Waals surface area contributed by atoms with Crippen molar-refractivity contribution < 1.29 is 4.79 Å². The summed E-state index contributed by atoms with van der Waals surface area (Å²) in [5.74, 6) is -0.560. The van der Waals surface area contributed by atoms with E-state index < -0.39 is 17.2 Å². The highest BCUT2D eigenvalue weighted by molar-refractivity contribution is 6.66. The second kappa shape index (κ2) is 12.6. The molecule has 0 spiro atoms. The van der Waals surface area contributed by atoms with E-state index in [4.69, 9.17) is 28.2 Å². The maximum absolute atomic E-state index is 12.4. The van der Waals surface area contributed by atoms with Crippen LogP contribution in [0, 0.1) is 22.1 Å².